The Morgan fingerprint density at radius 1 is 1.44 bits per heavy atom. The van der Waals surface area contributed by atoms with Crippen molar-refractivity contribution in [2.45, 2.75) is 25.9 Å². The molecule has 1 rings (SSSR count). The van der Waals surface area contributed by atoms with Gasteiger partial charge in [0.2, 0.25) is 5.91 Å². The van der Waals surface area contributed by atoms with E-state index in [0.717, 1.165) is 5.56 Å². The molecule has 7 N–H and O–H groups in total. The predicted octanol–water partition coefficient (Wildman–Crippen LogP) is -0.856. The van der Waals surface area contributed by atoms with Crippen molar-refractivity contribution < 1.29 is 9.90 Å². The number of nitrogens with one attached hydrogen (secondary N) is 2. The number of hydrogen-bond donors (Lipinski definition) is 5. The average Bonchev–Trinajstić information content (AvgIpc) is 2.34. The van der Waals surface area contributed by atoms with Crippen molar-refractivity contribution in [3.8, 4) is 0 Å². The first-order valence-electron chi connectivity index (χ1n) is 5.50. The van der Waals surface area contributed by atoms with Gasteiger partial charge in [0.1, 0.15) is 24.1 Å². The number of hydrazine groups is 1. The number of primary amides is 1. The van der Waals surface area contributed by atoms with Crippen molar-refractivity contribution in [2.24, 2.45) is 11.6 Å². The molecule has 1 aromatic rings. The summed E-state index contributed by atoms with van der Waals surface area (Å²) in [4.78, 5) is 18.8. The number of nitrogens with two attached hydrogens (primary N) is 2. The van der Waals surface area contributed by atoms with E-state index in [1.807, 2.05) is 13.8 Å². The molecule has 0 radical (unpaired) electrons. The highest BCUT2D eigenvalue weighted by Gasteiger charge is 2.16. The molecule has 100 valence electrons. The standard InChI is InChI=1S/C10H18N6O2/c1-5(2)7-9(13-3-6(17)8(11)18)14-4-15-10(7)16-12/h4-6,17H,3,12H2,1-2H3,(H2,11,18)(H2,13,14,15,16). The Labute approximate surface area is 105 Å². The molecule has 0 aliphatic carbocycles. The van der Waals surface area contributed by atoms with Crippen LogP contribution in [-0.2, 0) is 4.79 Å². The van der Waals surface area contributed by atoms with Crippen molar-refractivity contribution in [3.63, 3.8) is 0 Å². The lowest BCUT2D eigenvalue weighted by molar-refractivity contribution is -0.125. The Bertz CT molecular complexity index is 423. The maximum atomic E-state index is 10.7. The Kier molecular flexibility index (Phi) is 4.81. The van der Waals surface area contributed by atoms with E-state index in [0.29, 0.717) is 11.6 Å². The molecule has 0 aromatic carbocycles. The molecule has 0 saturated carbocycles. The Morgan fingerprint density at radius 2 is 2.06 bits per heavy atom. The third-order valence-electron chi connectivity index (χ3n) is 2.39. The molecule has 0 bridgehead atoms. The van der Waals surface area contributed by atoms with Gasteiger partial charge in [0.05, 0.1) is 6.54 Å². The highest BCUT2D eigenvalue weighted by atomic mass is 16.3. The zero-order valence-corrected chi connectivity index (χ0v) is 10.3. The van der Waals surface area contributed by atoms with Gasteiger partial charge in [-0.15, -0.1) is 0 Å². The van der Waals surface area contributed by atoms with Crippen LogP contribution < -0.4 is 22.3 Å². The third kappa shape index (κ3) is 3.28. The second-order valence-electron chi connectivity index (χ2n) is 4.08. The van der Waals surface area contributed by atoms with Gasteiger partial charge in [0.15, 0.2) is 0 Å². The average molecular weight is 254 g/mol. The minimum absolute atomic E-state index is 0.0178. The van der Waals surface area contributed by atoms with Gasteiger partial charge in [-0.2, -0.15) is 0 Å². The van der Waals surface area contributed by atoms with Crippen LogP contribution in [0.1, 0.15) is 25.3 Å². The highest BCUT2D eigenvalue weighted by Crippen LogP contribution is 2.27. The molecule has 0 spiro atoms. The number of anilines is 2. The van der Waals surface area contributed by atoms with Gasteiger partial charge in [-0.25, -0.2) is 15.8 Å². The number of nitrogen functional groups attached to an aromatic ring is 1. The van der Waals surface area contributed by atoms with E-state index in [9.17, 15) is 9.90 Å². The number of rotatable bonds is 6. The first kappa shape index (κ1) is 14.1. The van der Waals surface area contributed by atoms with Crippen molar-refractivity contribution in [3.05, 3.63) is 11.9 Å². The summed E-state index contributed by atoms with van der Waals surface area (Å²) in [6, 6.07) is 0. The van der Waals surface area contributed by atoms with E-state index >= 15 is 0 Å². The van der Waals surface area contributed by atoms with Crippen molar-refractivity contribution in [1.82, 2.24) is 9.97 Å². The molecular formula is C10H18N6O2. The number of nitrogens with zero attached hydrogens (tertiary/aromatic N) is 2. The summed E-state index contributed by atoms with van der Waals surface area (Å²) in [5.41, 5.74) is 8.22. The van der Waals surface area contributed by atoms with Gasteiger partial charge in [-0.05, 0) is 5.92 Å². The van der Waals surface area contributed by atoms with E-state index < -0.39 is 12.0 Å². The monoisotopic (exact) mass is 254 g/mol. The lowest BCUT2D eigenvalue weighted by Crippen LogP contribution is -2.34. The summed E-state index contributed by atoms with van der Waals surface area (Å²) >= 11 is 0. The molecule has 8 heteroatoms. The number of aromatic nitrogens is 2. The second-order valence-corrected chi connectivity index (χ2v) is 4.08. The van der Waals surface area contributed by atoms with Gasteiger partial charge in [-0.1, -0.05) is 13.8 Å². The Morgan fingerprint density at radius 3 is 2.56 bits per heavy atom. The molecule has 1 atom stereocenters. The summed E-state index contributed by atoms with van der Waals surface area (Å²) in [7, 11) is 0. The minimum Gasteiger partial charge on any atom is -0.381 e. The van der Waals surface area contributed by atoms with Crippen LogP contribution in [0.5, 0.6) is 0 Å². The largest absolute Gasteiger partial charge is 0.381 e. The Balaban J connectivity index is 2.91. The summed E-state index contributed by atoms with van der Waals surface area (Å²) < 4.78 is 0. The number of aliphatic hydroxyl groups is 1. The molecule has 1 unspecified atom stereocenters. The fourth-order valence-corrected chi connectivity index (χ4v) is 1.49. The molecule has 1 amide bonds. The van der Waals surface area contributed by atoms with Crippen LogP contribution in [0.15, 0.2) is 6.33 Å². The third-order valence-corrected chi connectivity index (χ3v) is 2.39. The van der Waals surface area contributed by atoms with Gasteiger partial charge < -0.3 is 21.6 Å². The van der Waals surface area contributed by atoms with Crippen LogP contribution in [0, 0.1) is 0 Å². The van der Waals surface area contributed by atoms with Crippen LogP contribution in [0.25, 0.3) is 0 Å². The molecule has 0 aliphatic rings. The maximum absolute atomic E-state index is 10.7. The van der Waals surface area contributed by atoms with Crippen LogP contribution in [0.2, 0.25) is 0 Å². The topological polar surface area (TPSA) is 139 Å². The fourth-order valence-electron chi connectivity index (χ4n) is 1.49. The summed E-state index contributed by atoms with van der Waals surface area (Å²) in [6.07, 6.45) is 0.0642. The normalized spacial score (nSPS) is 12.3. The van der Waals surface area contributed by atoms with Crippen LogP contribution >= 0.6 is 0 Å². The van der Waals surface area contributed by atoms with Crippen molar-refractivity contribution in [2.75, 3.05) is 17.3 Å². The number of carbonyl (C=O) groups excluding carboxylic acids is 1. The lowest BCUT2D eigenvalue weighted by Gasteiger charge is -2.17. The van der Waals surface area contributed by atoms with E-state index in [1.165, 1.54) is 6.33 Å². The summed E-state index contributed by atoms with van der Waals surface area (Å²) in [5, 5.41) is 12.2. The summed E-state index contributed by atoms with van der Waals surface area (Å²) in [6.45, 7) is 3.89. The quantitative estimate of drug-likeness (QED) is 0.329. The maximum Gasteiger partial charge on any atom is 0.248 e. The fraction of sp³-hybridized carbons (Fsp3) is 0.500. The predicted molar refractivity (Wildman–Crippen MR) is 67.6 cm³/mol. The molecule has 0 fully saturated rings. The van der Waals surface area contributed by atoms with E-state index in [4.69, 9.17) is 11.6 Å². The first-order chi connectivity index (χ1) is 8.47. The number of aliphatic hydroxyl groups excluding tert-OH is 1. The van der Waals surface area contributed by atoms with Gasteiger partial charge >= 0.3 is 0 Å². The highest BCUT2D eigenvalue weighted by molar-refractivity contribution is 5.79. The molecule has 0 aliphatic heterocycles. The zero-order chi connectivity index (χ0) is 13.7. The van der Waals surface area contributed by atoms with E-state index in [2.05, 4.69) is 20.7 Å². The number of hydrogen-bond acceptors (Lipinski definition) is 7. The number of amides is 1. The Hall–Kier alpha value is -1.93. The molecule has 1 heterocycles. The van der Waals surface area contributed by atoms with Crippen LogP contribution in [0.3, 0.4) is 0 Å². The molecule has 1 aromatic heterocycles. The van der Waals surface area contributed by atoms with E-state index in [1.54, 1.807) is 0 Å². The molecule has 0 saturated heterocycles. The van der Waals surface area contributed by atoms with Gasteiger partial charge in [-0.3, -0.25) is 4.79 Å². The summed E-state index contributed by atoms with van der Waals surface area (Å²) in [5.74, 6) is 5.70. The number of carbonyl (C=O) groups is 1. The van der Waals surface area contributed by atoms with E-state index in [-0.39, 0.29) is 12.5 Å². The molecule has 18 heavy (non-hydrogen) atoms. The smallest absolute Gasteiger partial charge is 0.248 e. The minimum atomic E-state index is -1.27. The zero-order valence-electron chi connectivity index (χ0n) is 10.3. The van der Waals surface area contributed by atoms with Crippen molar-refractivity contribution in [1.29, 1.82) is 0 Å². The van der Waals surface area contributed by atoms with Crippen LogP contribution in [-0.4, -0.2) is 33.6 Å². The van der Waals surface area contributed by atoms with Crippen molar-refractivity contribution >= 4 is 17.5 Å². The van der Waals surface area contributed by atoms with Gasteiger partial charge in [0, 0.05) is 5.56 Å². The SMILES string of the molecule is CC(C)c1c(NN)ncnc1NCC(O)C(N)=O. The van der Waals surface area contributed by atoms with Crippen LogP contribution in [0.4, 0.5) is 11.6 Å². The molecule has 8 nitrogen and oxygen atoms in total. The first-order valence-corrected chi connectivity index (χ1v) is 5.50. The lowest BCUT2D eigenvalue weighted by atomic mass is 10.0. The molecular weight excluding hydrogens is 236 g/mol. The second kappa shape index (κ2) is 6.12. The van der Waals surface area contributed by atoms with Gasteiger partial charge in [0.25, 0.3) is 0 Å².